The van der Waals surface area contributed by atoms with Gasteiger partial charge in [0.25, 0.3) is 11.5 Å². The second-order valence-corrected chi connectivity index (χ2v) is 7.97. The molecule has 154 valence electrons. The van der Waals surface area contributed by atoms with Crippen molar-refractivity contribution in [2.24, 2.45) is 0 Å². The fourth-order valence-electron chi connectivity index (χ4n) is 4.52. The van der Waals surface area contributed by atoms with Gasteiger partial charge in [-0.3, -0.25) is 14.2 Å². The van der Waals surface area contributed by atoms with Gasteiger partial charge in [0.1, 0.15) is 17.3 Å². The monoisotopic (exact) mass is 406 g/mol. The van der Waals surface area contributed by atoms with E-state index < -0.39 is 0 Å². The van der Waals surface area contributed by atoms with Crippen molar-refractivity contribution in [1.82, 2.24) is 19.7 Å². The van der Waals surface area contributed by atoms with Crippen molar-refractivity contribution in [2.75, 3.05) is 20.2 Å². The Bertz CT molecular complexity index is 1180. The fourth-order valence-corrected chi connectivity index (χ4v) is 4.52. The third-order valence-corrected chi connectivity index (χ3v) is 6.19. The standard InChI is InChI=1S/C22H22N4O4/c1-14-3-8-17(30-14)19(27)25-11-9-22(13-25)10-12-26-20(28)18(23-24-21(22)26)15-4-6-16(29-2)7-5-15/h3-8H,9-13H2,1-2H3/t22-/m1/s1. The van der Waals surface area contributed by atoms with Gasteiger partial charge >= 0.3 is 0 Å². The Labute approximate surface area is 173 Å². The van der Waals surface area contributed by atoms with Crippen LogP contribution in [0, 0.1) is 6.92 Å². The SMILES string of the molecule is COc1ccc(-c2nnc3n(c2=O)CC[C@@]32CCN(C(=O)c3ccc(C)o3)C2)cc1. The van der Waals surface area contributed by atoms with Gasteiger partial charge in [-0.2, -0.15) is 0 Å². The minimum absolute atomic E-state index is 0.122. The van der Waals surface area contributed by atoms with Crippen molar-refractivity contribution in [3.63, 3.8) is 0 Å². The number of nitrogens with zero attached hydrogens (tertiary/aromatic N) is 4. The number of benzene rings is 1. The number of likely N-dealkylation sites (tertiary alicyclic amines) is 1. The summed E-state index contributed by atoms with van der Waals surface area (Å²) in [6, 6.07) is 10.7. The van der Waals surface area contributed by atoms with E-state index >= 15 is 0 Å². The van der Waals surface area contributed by atoms with Crippen LogP contribution < -0.4 is 10.3 Å². The van der Waals surface area contributed by atoms with Gasteiger partial charge in [-0.05, 0) is 56.2 Å². The van der Waals surface area contributed by atoms with Gasteiger partial charge < -0.3 is 14.1 Å². The topological polar surface area (TPSA) is 90.5 Å². The molecule has 3 aromatic rings. The molecule has 2 aliphatic heterocycles. The molecule has 1 aromatic carbocycles. The number of fused-ring (bicyclic) bond motifs is 2. The average Bonchev–Trinajstić information content (AvgIpc) is 3.48. The average molecular weight is 406 g/mol. The number of carbonyl (C=O) groups is 1. The van der Waals surface area contributed by atoms with E-state index in [2.05, 4.69) is 10.2 Å². The first-order chi connectivity index (χ1) is 14.5. The molecule has 1 spiro atoms. The van der Waals surface area contributed by atoms with Crippen molar-refractivity contribution in [1.29, 1.82) is 0 Å². The van der Waals surface area contributed by atoms with Crippen LogP contribution in [-0.4, -0.2) is 45.8 Å². The zero-order chi connectivity index (χ0) is 20.9. The number of hydrogen-bond acceptors (Lipinski definition) is 6. The van der Waals surface area contributed by atoms with E-state index in [-0.39, 0.29) is 16.9 Å². The van der Waals surface area contributed by atoms with Crippen LogP contribution >= 0.6 is 0 Å². The van der Waals surface area contributed by atoms with Crippen LogP contribution in [-0.2, 0) is 12.0 Å². The third kappa shape index (κ3) is 2.82. The van der Waals surface area contributed by atoms with E-state index in [4.69, 9.17) is 9.15 Å². The Kier molecular flexibility index (Phi) is 4.23. The first kappa shape index (κ1) is 18.6. The summed E-state index contributed by atoms with van der Waals surface area (Å²) in [6.07, 6.45) is 1.53. The van der Waals surface area contributed by atoms with E-state index in [1.807, 2.05) is 19.1 Å². The van der Waals surface area contributed by atoms with Crippen LogP contribution in [0.3, 0.4) is 0 Å². The van der Waals surface area contributed by atoms with Gasteiger partial charge in [-0.1, -0.05) is 0 Å². The number of rotatable bonds is 3. The summed E-state index contributed by atoms with van der Waals surface area (Å²) in [7, 11) is 1.60. The molecule has 0 unspecified atom stereocenters. The van der Waals surface area contributed by atoms with Crippen molar-refractivity contribution in [3.05, 3.63) is 64.1 Å². The lowest BCUT2D eigenvalue weighted by Gasteiger charge is -2.22. The first-order valence-electron chi connectivity index (χ1n) is 9.99. The third-order valence-electron chi connectivity index (χ3n) is 6.19. The first-order valence-corrected chi connectivity index (χ1v) is 9.99. The molecular formula is C22H22N4O4. The predicted octanol–water partition coefficient (Wildman–Crippen LogP) is 2.40. The molecule has 4 heterocycles. The lowest BCUT2D eigenvalue weighted by molar-refractivity contribution is 0.0750. The zero-order valence-corrected chi connectivity index (χ0v) is 16.9. The molecule has 8 heteroatoms. The molecule has 5 rings (SSSR count). The Morgan fingerprint density at radius 3 is 2.57 bits per heavy atom. The number of furan rings is 1. The highest BCUT2D eigenvalue weighted by atomic mass is 16.5. The zero-order valence-electron chi connectivity index (χ0n) is 16.9. The Morgan fingerprint density at radius 1 is 1.10 bits per heavy atom. The quantitative estimate of drug-likeness (QED) is 0.663. The number of methoxy groups -OCH3 is 1. The summed E-state index contributed by atoms with van der Waals surface area (Å²) < 4.78 is 12.4. The maximum Gasteiger partial charge on any atom is 0.289 e. The summed E-state index contributed by atoms with van der Waals surface area (Å²) in [4.78, 5) is 27.7. The smallest absolute Gasteiger partial charge is 0.289 e. The number of aryl methyl sites for hydroxylation is 1. The fraction of sp³-hybridized carbons (Fsp3) is 0.364. The molecule has 0 N–H and O–H groups in total. The molecule has 1 atom stereocenters. The molecule has 0 aliphatic carbocycles. The van der Waals surface area contributed by atoms with Crippen LogP contribution in [0.25, 0.3) is 11.3 Å². The lowest BCUT2D eigenvalue weighted by atomic mass is 9.85. The van der Waals surface area contributed by atoms with Crippen molar-refractivity contribution >= 4 is 5.91 Å². The van der Waals surface area contributed by atoms with Gasteiger partial charge in [0.05, 0.1) is 12.5 Å². The van der Waals surface area contributed by atoms with Gasteiger partial charge in [-0.25, -0.2) is 0 Å². The number of aromatic nitrogens is 3. The molecule has 8 nitrogen and oxygen atoms in total. The summed E-state index contributed by atoms with van der Waals surface area (Å²) in [5.41, 5.74) is 0.562. The predicted molar refractivity (Wildman–Crippen MR) is 109 cm³/mol. The van der Waals surface area contributed by atoms with Gasteiger partial charge in [0.15, 0.2) is 11.5 Å². The van der Waals surface area contributed by atoms with Crippen LogP contribution in [0.1, 0.15) is 35.0 Å². The minimum Gasteiger partial charge on any atom is -0.497 e. The molecule has 2 aliphatic rings. The molecular weight excluding hydrogens is 384 g/mol. The second-order valence-electron chi connectivity index (χ2n) is 7.97. The number of hydrogen-bond donors (Lipinski definition) is 0. The number of amides is 1. The summed E-state index contributed by atoms with van der Waals surface area (Å²) in [6.45, 7) is 3.52. The van der Waals surface area contributed by atoms with Crippen molar-refractivity contribution in [2.45, 2.75) is 31.7 Å². The van der Waals surface area contributed by atoms with Crippen LogP contribution in [0.2, 0.25) is 0 Å². The summed E-state index contributed by atoms with van der Waals surface area (Å²) in [5.74, 6) is 2.33. The Morgan fingerprint density at radius 2 is 1.87 bits per heavy atom. The molecule has 2 aromatic heterocycles. The highest BCUT2D eigenvalue weighted by Gasteiger charge is 2.48. The van der Waals surface area contributed by atoms with E-state index in [0.29, 0.717) is 48.2 Å². The van der Waals surface area contributed by atoms with Gasteiger partial charge in [-0.15, -0.1) is 10.2 Å². The molecule has 0 radical (unpaired) electrons. The van der Waals surface area contributed by atoms with Crippen LogP contribution in [0.15, 0.2) is 45.6 Å². The normalized spacial score (nSPS) is 20.0. The molecule has 1 saturated heterocycles. The highest BCUT2D eigenvalue weighted by molar-refractivity contribution is 5.91. The molecule has 0 bridgehead atoms. The second kappa shape index (κ2) is 6.83. The van der Waals surface area contributed by atoms with Gasteiger partial charge in [0, 0.05) is 25.2 Å². The maximum absolute atomic E-state index is 13.1. The van der Waals surface area contributed by atoms with Crippen molar-refractivity contribution < 1.29 is 13.9 Å². The van der Waals surface area contributed by atoms with Crippen molar-refractivity contribution in [3.8, 4) is 17.0 Å². The number of carbonyl (C=O) groups excluding carboxylic acids is 1. The van der Waals surface area contributed by atoms with Crippen LogP contribution in [0.5, 0.6) is 5.75 Å². The molecule has 30 heavy (non-hydrogen) atoms. The maximum atomic E-state index is 13.1. The van der Waals surface area contributed by atoms with E-state index in [1.54, 1.807) is 40.8 Å². The van der Waals surface area contributed by atoms with Crippen LogP contribution in [0.4, 0.5) is 0 Å². The van der Waals surface area contributed by atoms with E-state index in [0.717, 1.165) is 18.6 Å². The summed E-state index contributed by atoms with van der Waals surface area (Å²) in [5, 5.41) is 8.75. The van der Waals surface area contributed by atoms with E-state index in [1.165, 1.54) is 0 Å². The highest BCUT2D eigenvalue weighted by Crippen LogP contribution is 2.41. The molecule has 1 fully saturated rings. The lowest BCUT2D eigenvalue weighted by Crippen LogP contribution is -2.35. The Hall–Kier alpha value is -3.42. The van der Waals surface area contributed by atoms with E-state index in [9.17, 15) is 9.59 Å². The minimum atomic E-state index is -0.331. The van der Waals surface area contributed by atoms with Gasteiger partial charge in [0.2, 0.25) is 0 Å². The Balaban J connectivity index is 1.44. The summed E-state index contributed by atoms with van der Waals surface area (Å²) >= 11 is 0. The molecule has 1 amide bonds. The largest absolute Gasteiger partial charge is 0.497 e. The molecule has 0 saturated carbocycles. The number of ether oxygens (including phenoxy) is 1.